The lowest BCUT2D eigenvalue weighted by Gasteiger charge is -2.38. The van der Waals surface area contributed by atoms with Crippen molar-refractivity contribution >= 4 is 23.3 Å². The third-order valence-electron chi connectivity index (χ3n) is 6.47. The van der Waals surface area contributed by atoms with Gasteiger partial charge in [-0.2, -0.15) is 0 Å². The first-order valence-electron chi connectivity index (χ1n) is 11.3. The van der Waals surface area contributed by atoms with Gasteiger partial charge in [-0.05, 0) is 53.8 Å². The Morgan fingerprint density at radius 3 is 2.59 bits per heavy atom. The van der Waals surface area contributed by atoms with Gasteiger partial charge in [0.1, 0.15) is 0 Å². The Balaban J connectivity index is 1.52. The molecule has 5 rings (SSSR count). The summed E-state index contributed by atoms with van der Waals surface area (Å²) in [6.07, 6.45) is 5.37. The number of allylic oxidation sites excluding steroid dienone is 2. The molecule has 0 fully saturated rings. The van der Waals surface area contributed by atoms with Crippen LogP contribution in [0.15, 0.2) is 78.9 Å². The van der Waals surface area contributed by atoms with Crippen LogP contribution in [0.3, 0.4) is 0 Å². The molecule has 1 amide bonds. The normalized spacial score (nSPS) is 20.0. The molecular formula is C28H26N2O4. The van der Waals surface area contributed by atoms with Gasteiger partial charge in [-0.15, -0.1) is 0 Å². The molecule has 2 N–H and O–H groups in total. The molecule has 0 saturated heterocycles. The zero-order valence-corrected chi connectivity index (χ0v) is 19.1. The second kappa shape index (κ2) is 9.06. The SMILES string of the molecule is COc1cc(C2Nc3c(C(=O)Nc4ccccc4)cccc3C3C=CCC32)ccc1OC(C)=O. The molecule has 34 heavy (non-hydrogen) atoms. The molecule has 0 radical (unpaired) electrons. The van der Waals surface area contributed by atoms with Gasteiger partial charge in [0.05, 0.1) is 24.4 Å². The predicted octanol–water partition coefficient (Wildman–Crippen LogP) is 5.70. The van der Waals surface area contributed by atoms with Gasteiger partial charge in [0.25, 0.3) is 5.91 Å². The second-order valence-corrected chi connectivity index (χ2v) is 8.57. The number of esters is 1. The number of carbonyl (C=O) groups is 2. The smallest absolute Gasteiger partial charge is 0.308 e. The third kappa shape index (κ3) is 4.03. The largest absolute Gasteiger partial charge is 0.493 e. The molecule has 1 heterocycles. The average molecular weight is 455 g/mol. The summed E-state index contributed by atoms with van der Waals surface area (Å²) in [6.45, 7) is 1.36. The Morgan fingerprint density at radius 2 is 1.82 bits per heavy atom. The number of methoxy groups -OCH3 is 1. The number of para-hydroxylation sites is 2. The molecule has 3 aromatic carbocycles. The number of hydrogen-bond acceptors (Lipinski definition) is 5. The van der Waals surface area contributed by atoms with Crippen molar-refractivity contribution in [1.82, 2.24) is 0 Å². The van der Waals surface area contributed by atoms with Crippen LogP contribution in [0.4, 0.5) is 11.4 Å². The van der Waals surface area contributed by atoms with Crippen molar-refractivity contribution < 1.29 is 19.1 Å². The fraction of sp³-hybridized carbons (Fsp3) is 0.214. The number of anilines is 2. The average Bonchev–Trinajstić information content (AvgIpc) is 3.34. The van der Waals surface area contributed by atoms with Gasteiger partial charge in [0.15, 0.2) is 11.5 Å². The molecular weight excluding hydrogens is 428 g/mol. The van der Waals surface area contributed by atoms with Gasteiger partial charge in [0.2, 0.25) is 0 Å². The minimum absolute atomic E-state index is 0.0431. The van der Waals surface area contributed by atoms with Crippen LogP contribution in [0.1, 0.15) is 46.8 Å². The van der Waals surface area contributed by atoms with Gasteiger partial charge in [0, 0.05) is 18.5 Å². The van der Waals surface area contributed by atoms with Crippen molar-refractivity contribution in [3.8, 4) is 11.5 Å². The van der Waals surface area contributed by atoms with Crippen LogP contribution in [0.5, 0.6) is 11.5 Å². The molecule has 172 valence electrons. The standard InChI is InChI=1S/C28H26N2O4/c1-17(31)34-24-15-14-18(16-25(24)33-2)26-21-11-6-10-20(21)22-12-7-13-23(27(22)30-26)28(32)29-19-8-4-3-5-9-19/h3-10,12-16,20-21,26,30H,11H2,1-2H3,(H,29,32). The lowest BCUT2D eigenvalue weighted by atomic mass is 9.76. The van der Waals surface area contributed by atoms with Crippen molar-refractivity contribution in [3.63, 3.8) is 0 Å². The zero-order valence-electron chi connectivity index (χ0n) is 19.1. The van der Waals surface area contributed by atoms with E-state index in [1.54, 1.807) is 13.2 Å². The van der Waals surface area contributed by atoms with Crippen LogP contribution in [0.25, 0.3) is 0 Å². The quantitative estimate of drug-likeness (QED) is 0.294. The van der Waals surface area contributed by atoms with Gasteiger partial charge >= 0.3 is 5.97 Å². The van der Waals surface area contributed by atoms with Gasteiger partial charge in [-0.1, -0.05) is 48.6 Å². The molecule has 3 aromatic rings. The number of nitrogens with one attached hydrogen (secondary N) is 2. The molecule has 1 aliphatic heterocycles. The molecule has 3 atom stereocenters. The topological polar surface area (TPSA) is 76.7 Å². The van der Waals surface area contributed by atoms with E-state index in [0.717, 1.165) is 28.9 Å². The predicted molar refractivity (Wildman–Crippen MR) is 131 cm³/mol. The van der Waals surface area contributed by atoms with E-state index in [0.29, 0.717) is 23.0 Å². The molecule has 2 aliphatic rings. The van der Waals surface area contributed by atoms with Crippen LogP contribution in [0.2, 0.25) is 0 Å². The summed E-state index contributed by atoms with van der Waals surface area (Å²) in [5.41, 5.74) is 4.34. The Hall–Kier alpha value is -4.06. The van der Waals surface area contributed by atoms with Crippen molar-refractivity contribution in [2.24, 2.45) is 5.92 Å². The van der Waals surface area contributed by atoms with Crippen LogP contribution < -0.4 is 20.1 Å². The molecule has 6 heteroatoms. The van der Waals surface area contributed by atoms with Crippen molar-refractivity contribution in [2.45, 2.75) is 25.3 Å². The van der Waals surface area contributed by atoms with E-state index in [9.17, 15) is 9.59 Å². The van der Waals surface area contributed by atoms with Crippen LogP contribution in [-0.4, -0.2) is 19.0 Å². The summed E-state index contributed by atoms with van der Waals surface area (Å²) < 4.78 is 10.8. The Bertz CT molecular complexity index is 1270. The summed E-state index contributed by atoms with van der Waals surface area (Å²) in [5.74, 6) is 0.827. The van der Waals surface area contributed by atoms with E-state index in [1.807, 2.05) is 54.6 Å². The number of ether oxygens (including phenoxy) is 2. The maximum atomic E-state index is 13.2. The summed E-state index contributed by atoms with van der Waals surface area (Å²) >= 11 is 0. The van der Waals surface area contributed by atoms with Crippen molar-refractivity contribution in [2.75, 3.05) is 17.7 Å². The fourth-order valence-electron chi connectivity index (χ4n) is 4.98. The van der Waals surface area contributed by atoms with E-state index < -0.39 is 5.97 Å². The fourth-order valence-corrected chi connectivity index (χ4v) is 4.98. The number of hydrogen-bond donors (Lipinski definition) is 2. The second-order valence-electron chi connectivity index (χ2n) is 8.57. The molecule has 1 aliphatic carbocycles. The highest BCUT2D eigenvalue weighted by Crippen LogP contribution is 2.51. The van der Waals surface area contributed by atoms with E-state index >= 15 is 0 Å². The Labute approximate surface area is 198 Å². The molecule has 0 aromatic heterocycles. The first-order valence-corrected chi connectivity index (χ1v) is 11.3. The van der Waals surface area contributed by atoms with E-state index in [1.165, 1.54) is 6.92 Å². The monoisotopic (exact) mass is 454 g/mol. The Morgan fingerprint density at radius 1 is 1.00 bits per heavy atom. The number of fused-ring (bicyclic) bond motifs is 3. The highest BCUT2D eigenvalue weighted by molar-refractivity contribution is 6.08. The summed E-state index contributed by atoms with van der Waals surface area (Å²) in [6, 6.07) is 20.9. The number of carbonyl (C=O) groups excluding carboxylic acids is 2. The van der Waals surface area contributed by atoms with Gasteiger partial charge in [-0.3, -0.25) is 9.59 Å². The van der Waals surface area contributed by atoms with E-state index in [2.05, 4.69) is 28.9 Å². The van der Waals surface area contributed by atoms with Crippen LogP contribution in [-0.2, 0) is 4.79 Å². The lowest BCUT2D eigenvalue weighted by molar-refractivity contribution is -0.132. The van der Waals surface area contributed by atoms with E-state index in [-0.39, 0.29) is 17.9 Å². The highest BCUT2D eigenvalue weighted by atomic mass is 16.6. The first kappa shape index (κ1) is 21.8. The summed E-state index contributed by atoms with van der Waals surface area (Å²) in [5, 5.41) is 6.67. The zero-order chi connectivity index (χ0) is 23.7. The number of benzene rings is 3. The van der Waals surface area contributed by atoms with Crippen LogP contribution >= 0.6 is 0 Å². The molecule has 6 nitrogen and oxygen atoms in total. The van der Waals surface area contributed by atoms with Gasteiger partial charge < -0.3 is 20.1 Å². The minimum Gasteiger partial charge on any atom is -0.493 e. The maximum absolute atomic E-state index is 13.2. The molecule has 0 saturated carbocycles. The van der Waals surface area contributed by atoms with Gasteiger partial charge in [-0.25, -0.2) is 0 Å². The van der Waals surface area contributed by atoms with E-state index in [4.69, 9.17) is 9.47 Å². The highest BCUT2D eigenvalue weighted by Gasteiger charge is 2.39. The molecule has 3 unspecified atom stereocenters. The molecule has 0 spiro atoms. The summed E-state index contributed by atoms with van der Waals surface area (Å²) in [4.78, 5) is 24.7. The molecule has 0 bridgehead atoms. The summed E-state index contributed by atoms with van der Waals surface area (Å²) in [7, 11) is 1.56. The van der Waals surface area contributed by atoms with Crippen LogP contribution in [0, 0.1) is 5.92 Å². The number of amides is 1. The number of rotatable bonds is 5. The minimum atomic E-state index is -0.398. The lowest BCUT2D eigenvalue weighted by Crippen LogP contribution is -2.31. The maximum Gasteiger partial charge on any atom is 0.308 e. The van der Waals surface area contributed by atoms with Crippen molar-refractivity contribution in [1.29, 1.82) is 0 Å². The Kier molecular flexibility index (Phi) is 5.80. The first-order chi connectivity index (χ1) is 16.5. The van der Waals surface area contributed by atoms with Crippen molar-refractivity contribution in [3.05, 3.63) is 95.6 Å². The third-order valence-corrected chi connectivity index (χ3v) is 6.47.